The number of hydrogen-bond donors (Lipinski definition) is 0. The standard InChI is InChI=1S/C8H6OS/c9-7-2-1-6-3-4-10-8(6)5-7/h1-3,5H,4H2. The first kappa shape index (κ1) is 5.98. The molecule has 2 rings (SSSR count). The summed E-state index contributed by atoms with van der Waals surface area (Å²) < 4.78 is 0. The molecule has 2 aliphatic rings. The molecule has 1 nitrogen and oxygen atoms in total. The van der Waals surface area contributed by atoms with Crippen LogP contribution >= 0.6 is 11.8 Å². The van der Waals surface area contributed by atoms with Crippen LogP contribution in [0, 0.1) is 0 Å². The van der Waals surface area contributed by atoms with Gasteiger partial charge in [0.15, 0.2) is 5.78 Å². The van der Waals surface area contributed by atoms with E-state index in [0.29, 0.717) is 0 Å². The normalized spacial score (nSPS) is 22.2. The van der Waals surface area contributed by atoms with Crippen LogP contribution in [0.1, 0.15) is 0 Å². The Labute approximate surface area is 63.5 Å². The van der Waals surface area contributed by atoms with E-state index in [-0.39, 0.29) is 5.78 Å². The second-order valence-corrected chi connectivity index (χ2v) is 3.28. The van der Waals surface area contributed by atoms with Crippen LogP contribution in [0.4, 0.5) is 0 Å². The highest BCUT2D eigenvalue weighted by Gasteiger charge is 2.13. The molecule has 1 aliphatic carbocycles. The topological polar surface area (TPSA) is 17.1 Å². The van der Waals surface area contributed by atoms with E-state index in [1.165, 1.54) is 5.57 Å². The van der Waals surface area contributed by atoms with Crippen LogP contribution in [0.25, 0.3) is 0 Å². The SMILES string of the molecule is O=C1C=CC2=CCSC2=C1. The number of allylic oxidation sites excluding steroid dienone is 4. The molecule has 0 radical (unpaired) electrons. The van der Waals surface area contributed by atoms with Gasteiger partial charge in [0.25, 0.3) is 0 Å². The molecule has 0 saturated heterocycles. The van der Waals surface area contributed by atoms with Crippen LogP contribution in [-0.2, 0) is 4.79 Å². The summed E-state index contributed by atoms with van der Waals surface area (Å²) in [7, 11) is 0. The first-order chi connectivity index (χ1) is 4.86. The Morgan fingerprint density at radius 1 is 1.40 bits per heavy atom. The van der Waals surface area contributed by atoms with Gasteiger partial charge in [-0.05, 0) is 17.7 Å². The smallest absolute Gasteiger partial charge is 0.179 e. The van der Waals surface area contributed by atoms with Crippen molar-refractivity contribution in [2.45, 2.75) is 0 Å². The minimum atomic E-state index is 0.113. The van der Waals surface area contributed by atoms with E-state index in [1.807, 2.05) is 6.08 Å². The van der Waals surface area contributed by atoms with Crippen molar-refractivity contribution in [2.24, 2.45) is 0 Å². The lowest BCUT2D eigenvalue weighted by Gasteiger charge is -2.01. The molecule has 0 aromatic carbocycles. The Morgan fingerprint density at radius 2 is 2.30 bits per heavy atom. The second kappa shape index (κ2) is 2.13. The summed E-state index contributed by atoms with van der Waals surface area (Å²) in [5.74, 6) is 1.13. The van der Waals surface area contributed by atoms with E-state index < -0.39 is 0 Å². The Bertz CT molecular complexity index is 271. The third kappa shape index (κ3) is 0.847. The third-order valence-corrected chi connectivity index (χ3v) is 2.53. The Kier molecular flexibility index (Phi) is 1.27. The largest absolute Gasteiger partial charge is 0.290 e. The number of ketones is 1. The number of thioether (sulfide) groups is 1. The van der Waals surface area contributed by atoms with E-state index in [0.717, 1.165) is 10.7 Å². The third-order valence-electron chi connectivity index (χ3n) is 1.53. The maximum atomic E-state index is 10.8. The van der Waals surface area contributed by atoms with Gasteiger partial charge in [-0.2, -0.15) is 0 Å². The average Bonchev–Trinajstić information content (AvgIpc) is 2.33. The first-order valence-electron chi connectivity index (χ1n) is 3.13. The molecule has 2 heteroatoms. The fourth-order valence-electron chi connectivity index (χ4n) is 1.03. The Hall–Kier alpha value is -0.760. The predicted molar refractivity (Wildman–Crippen MR) is 42.8 cm³/mol. The van der Waals surface area contributed by atoms with Crippen LogP contribution in [0.2, 0.25) is 0 Å². The van der Waals surface area contributed by atoms with Gasteiger partial charge >= 0.3 is 0 Å². The van der Waals surface area contributed by atoms with Gasteiger partial charge in [-0.3, -0.25) is 4.79 Å². The zero-order chi connectivity index (χ0) is 6.97. The van der Waals surface area contributed by atoms with Gasteiger partial charge < -0.3 is 0 Å². The monoisotopic (exact) mass is 150 g/mol. The summed E-state index contributed by atoms with van der Waals surface area (Å²) in [6, 6.07) is 0. The molecular formula is C8H6OS. The molecule has 0 bridgehead atoms. The minimum absolute atomic E-state index is 0.113. The lowest BCUT2D eigenvalue weighted by molar-refractivity contribution is -0.110. The maximum absolute atomic E-state index is 10.8. The molecule has 1 heterocycles. The maximum Gasteiger partial charge on any atom is 0.179 e. The molecule has 10 heavy (non-hydrogen) atoms. The first-order valence-corrected chi connectivity index (χ1v) is 4.12. The van der Waals surface area contributed by atoms with E-state index in [4.69, 9.17) is 0 Å². The summed E-state index contributed by atoms with van der Waals surface area (Å²) in [6.45, 7) is 0. The molecule has 0 amide bonds. The van der Waals surface area contributed by atoms with Gasteiger partial charge in [0, 0.05) is 10.7 Å². The van der Waals surface area contributed by atoms with Gasteiger partial charge in [-0.25, -0.2) is 0 Å². The summed E-state index contributed by atoms with van der Waals surface area (Å²) in [4.78, 5) is 11.9. The molecule has 0 aromatic rings. The average molecular weight is 150 g/mol. The summed E-state index contributed by atoms with van der Waals surface area (Å²) in [5.41, 5.74) is 1.21. The molecule has 0 atom stereocenters. The van der Waals surface area contributed by atoms with E-state index in [9.17, 15) is 4.79 Å². The number of rotatable bonds is 0. The Balaban J connectivity index is 2.43. The highest BCUT2D eigenvalue weighted by molar-refractivity contribution is 8.03. The lowest BCUT2D eigenvalue weighted by atomic mass is 10.1. The molecular weight excluding hydrogens is 144 g/mol. The van der Waals surface area contributed by atoms with Crippen molar-refractivity contribution < 1.29 is 4.79 Å². The van der Waals surface area contributed by atoms with Crippen molar-refractivity contribution in [1.82, 2.24) is 0 Å². The molecule has 0 N–H and O–H groups in total. The van der Waals surface area contributed by atoms with Gasteiger partial charge in [-0.15, -0.1) is 11.8 Å². The summed E-state index contributed by atoms with van der Waals surface area (Å²) >= 11 is 1.73. The number of carbonyl (C=O) groups excluding carboxylic acids is 1. The van der Waals surface area contributed by atoms with Crippen LogP contribution in [0.15, 0.2) is 34.8 Å². The molecule has 0 spiro atoms. The van der Waals surface area contributed by atoms with Crippen molar-refractivity contribution in [3.05, 3.63) is 34.8 Å². The molecule has 50 valence electrons. The van der Waals surface area contributed by atoms with Crippen molar-refractivity contribution >= 4 is 17.5 Å². The minimum Gasteiger partial charge on any atom is -0.290 e. The van der Waals surface area contributed by atoms with E-state index in [2.05, 4.69) is 6.08 Å². The highest BCUT2D eigenvalue weighted by Crippen LogP contribution is 2.33. The van der Waals surface area contributed by atoms with Crippen LogP contribution in [-0.4, -0.2) is 11.5 Å². The fourth-order valence-corrected chi connectivity index (χ4v) is 1.99. The van der Waals surface area contributed by atoms with Gasteiger partial charge in [0.2, 0.25) is 0 Å². The Morgan fingerprint density at radius 3 is 3.20 bits per heavy atom. The van der Waals surface area contributed by atoms with Crippen LogP contribution in [0.3, 0.4) is 0 Å². The molecule has 1 aliphatic heterocycles. The number of hydrogen-bond acceptors (Lipinski definition) is 2. The van der Waals surface area contributed by atoms with Crippen molar-refractivity contribution in [3.8, 4) is 0 Å². The summed E-state index contributed by atoms with van der Waals surface area (Å²) in [6.07, 6.45) is 7.34. The van der Waals surface area contributed by atoms with Crippen molar-refractivity contribution in [3.63, 3.8) is 0 Å². The van der Waals surface area contributed by atoms with Gasteiger partial charge in [0.05, 0.1) is 0 Å². The van der Waals surface area contributed by atoms with Crippen LogP contribution in [0.5, 0.6) is 0 Å². The zero-order valence-electron chi connectivity index (χ0n) is 5.33. The van der Waals surface area contributed by atoms with Crippen molar-refractivity contribution in [1.29, 1.82) is 0 Å². The molecule has 0 fully saturated rings. The molecule has 0 saturated carbocycles. The van der Waals surface area contributed by atoms with Gasteiger partial charge in [-0.1, -0.05) is 12.2 Å². The predicted octanol–water partition coefficient (Wildman–Crippen LogP) is 1.68. The zero-order valence-corrected chi connectivity index (χ0v) is 6.15. The second-order valence-electron chi connectivity index (χ2n) is 2.21. The van der Waals surface area contributed by atoms with E-state index in [1.54, 1.807) is 23.9 Å². The fraction of sp³-hybridized carbons (Fsp3) is 0.125. The van der Waals surface area contributed by atoms with E-state index >= 15 is 0 Å². The van der Waals surface area contributed by atoms with Gasteiger partial charge in [0.1, 0.15) is 0 Å². The highest BCUT2D eigenvalue weighted by atomic mass is 32.2. The molecule has 0 aromatic heterocycles. The quantitative estimate of drug-likeness (QED) is 0.522. The molecule has 0 unspecified atom stereocenters. The number of fused-ring (bicyclic) bond motifs is 1. The summed E-state index contributed by atoms with van der Waals surface area (Å²) in [5, 5.41) is 0. The number of carbonyl (C=O) groups is 1. The van der Waals surface area contributed by atoms with Crippen molar-refractivity contribution in [2.75, 3.05) is 5.75 Å². The lowest BCUT2D eigenvalue weighted by Crippen LogP contribution is -1.93. The van der Waals surface area contributed by atoms with Crippen LogP contribution < -0.4 is 0 Å².